The van der Waals surface area contributed by atoms with Crippen molar-refractivity contribution in [3.05, 3.63) is 23.5 Å². The van der Waals surface area contributed by atoms with Crippen molar-refractivity contribution in [3.63, 3.8) is 0 Å². The van der Waals surface area contributed by atoms with E-state index in [1.165, 1.54) is 10.6 Å². The number of rotatable bonds is 5. The number of hydrogen-bond donors (Lipinski definition) is 2. The molecule has 3 N–H and O–H groups in total. The number of carbonyl (C=O) groups excluding carboxylic acids is 1. The highest BCUT2D eigenvalue weighted by Crippen LogP contribution is 2.29. The zero-order valence-electron chi connectivity index (χ0n) is 11.5. The molecule has 8 heteroatoms. The van der Waals surface area contributed by atoms with Gasteiger partial charge in [-0.25, -0.2) is 9.37 Å². The molecule has 21 heavy (non-hydrogen) atoms. The first kappa shape index (κ1) is 15.3. The Morgan fingerprint density at radius 2 is 2.19 bits per heavy atom. The average molecular weight is 311 g/mol. The van der Waals surface area contributed by atoms with Crippen LogP contribution in [0.2, 0.25) is 0 Å². The molecule has 0 aliphatic carbocycles. The summed E-state index contributed by atoms with van der Waals surface area (Å²) in [5, 5.41) is 9.09. The molecule has 1 aromatic heterocycles. The van der Waals surface area contributed by atoms with E-state index in [-0.39, 0.29) is 5.75 Å². The maximum Gasteiger partial charge on any atom is 0.313 e. The first-order valence-electron chi connectivity index (χ1n) is 6.13. The van der Waals surface area contributed by atoms with Crippen LogP contribution in [0.15, 0.2) is 17.3 Å². The minimum Gasteiger partial charge on any atom is -0.481 e. The number of carboxylic acid groups (broad SMARTS) is 1. The van der Waals surface area contributed by atoms with Gasteiger partial charge in [-0.15, -0.1) is 0 Å². The molecule has 1 atom stereocenters. The molecule has 1 unspecified atom stereocenters. The van der Waals surface area contributed by atoms with Gasteiger partial charge < -0.3 is 15.4 Å². The summed E-state index contributed by atoms with van der Waals surface area (Å²) in [6.07, 6.45) is 0. The number of aliphatic carboxylic acids is 1. The molecule has 0 fully saturated rings. The highest BCUT2D eigenvalue weighted by Gasteiger charge is 2.21. The second-order valence-electron chi connectivity index (χ2n) is 4.62. The Kier molecular flexibility index (Phi) is 4.17. The Morgan fingerprint density at radius 1 is 1.52 bits per heavy atom. The van der Waals surface area contributed by atoms with Crippen molar-refractivity contribution in [1.29, 1.82) is 0 Å². The number of aromatic nitrogens is 2. The number of fused-ring (bicyclic) bond motifs is 1. The fourth-order valence-electron chi connectivity index (χ4n) is 1.93. The number of thioether (sulfide) groups is 1. The molecule has 0 saturated carbocycles. The number of carbonyl (C=O) groups is 2. The molecule has 2 rings (SSSR count). The van der Waals surface area contributed by atoms with Gasteiger partial charge in [-0.1, -0.05) is 11.8 Å². The normalized spacial score (nSPS) is 12.5. The SMILES string of the molecule is Cc1cc2c(cc1F)nc(SCC(=O)O)n2C(C)C(N)=O. The molecule has 1 amide bonds. The van der Waals surface area contributed by atoms with Gasteiger partial charge in [-0.05, 0) is 25.5 Å². The molecular weight excluding hydrogens is 297 g/mol. The minimum absolute atomic E-state index is 0.212. The Morgan fingerprint density at radius 3 is 2.76 bits per heavy atom. The van der Waals surface area contributed by atoms with Gasteiger partial charge in [0.05, 0.1) is 16.8 Å². The van der Waals surface area contributed by atoms with Gasteiger partial charge in [0.1, 0.15) is 11.9 Å². The average Bonchev–Trinajstić information content (AvgIpc) is 2.73. The second-order valence-corrected chi connectivity index (χ2v) is 5.56. The van der Waals surface area contributed by atoms with E-state index in [0.29, 0.717) is 21.8 Å². The maximum absolute atomic E-state index is 13.6. The van der Waals surface area contributed by atoms with E-state index >= 15 is 0 Å². The number of carboxylic acids is 1. The fraction of sp³-hybridized carbons (Fsp3) is 0.308. The zero-order chi connectivity index (χ0) is 15.7. The van der Waals surface area contributed by atoms with E-state index in [1.54, 1.807) is 19.9 Å². The van der Waals surface area contributed by atoms with Crippen LogP contribution in [0.3, 0.4) is 0 Å². The monoisotopic (exact) mass is 311 g/mol. The molecule has 0 radical (unpaired) electrons. The van der Waals surface area contributed by atoms with Gasteiger partial charge in [0, 0.05) is 6.07 Å². The standard InChI is InChI=1S/C13H14FN3O3S/c1-6-3-10-9(4-8(6)14)16-13(21-5-11(18)19)17(10)7(2)12(15)20/h3-4,7H,5H2,1-2H3,(H2,15,20)(H,18,19). The van der Waals surface area contributed by atoms with Crippen LogP contribution in [-0.4, -0.2) is 32.3 Å². The van der Waals surface area contributed by atoms with Gasteiger partial charge in [0.25, 0.3) is 0 Å². The highest BCUT2D eigenvalue weighted by molar-refractivity contribution is 7.99. The van der Waals surface area contributed by atoms with Crippen molar-refractivity contribution < 1.29 is 19.1 Å². The number of imidazole rings is 1. The number of primary amides is 1. The van der Waals surface area contributed by atoms with E-state index < -0.39 is 23.7 Å². The largest absolute Gasteiger partial charge is 0.481 e. The zero-order valence-corrected chi connectivity index (χ0v) is 12.3. The van der Waals surface area contributed by atoms with Crippen molar-refractivity contribution in [1.82, 2.24) is 9.55 Å². The molecule has 112 valence electrons. The number of halogens is 1. The van der Waals surface area contributed by atoms with Crippen LogP contribution in [0.25, 0.3) is 11.0 Å². The van der Waals surface area contributed by atoms with Gasteiger partial charge in [0.15, 0.2) is 5.16 Å². The Balaban J connectivity index is 2.62. The molecular formula is C13H14FN3O3S. The first-order chi connectivity index (χ1) is 9.81. The predicted molar refractivity (Wildman–Crippen MR) is 76.7 cm³/mol. The van der Waals surface area contributed by atoms with Gasteiger partial charge in [-0.3, -0.25) is 9.59 Å². The van der Waals surface area contributed by atoms with E-state index in [0.717, 1.165) is 11.8 Å². The Hall–Kier alpha value is -2.09. The van der Waals surface area contributed by atoms with E-state index in [9.17, 15) is 14.0 Å². The van der Waals surface area contributed by atoms with E-state index in [2.05, 4.69) is 4.98 Å². The van der Waals surface area contributed by atoms with Gasteiger partial charge in [0.2, 0.25) is 5.91 Å². The lowest BCUT2D eigenvalue weighted by molar-refractivity contribution is -0.133. The number of nitrogens with two attached hydrogens (primary N) is 1. The molecule has 0 aliphatic rings. The Labute approximate surface area is 124 Å². The second kappa shape index (κ2) is 5.72. The number of nitrogens with zero attached hydrogens (tertiary/aromatic N) is 2. The topological polar surface area (TPSA) is 98.2 Å². The molecule has 0 bridgehead atoms. The van der Waals surface area contributed by atoms with Crippen LogP contribution < -0.4 is 5.73 Å². The lowest BCUT2D eigenvalue weighted by Gasteiger charge is -2.13. The summed E-state index contributed by atoms with van der Waals surface area (Å²) in [6.45, 7) is 3.19. The third-order valence-corrected chi connectivity index (χ3v) is 4.00. The molecule has 6 nitrogen and oxygen atoms in total. The van der Waals surface area contributed by atoms with Crippen LogP contribution in [0.1, 0.15) is 18.5 Å². The third kappa shape index (κ3) is 2.99. The smallest absolute Gasteiger partial charge is 0.313 e. The molecule has 1 heterocycles. The number of amides is 1. The van der Waals surface area contributed by atoms with E-state index in [1.807, 2.05) is 0 Å². The maximum atomic E-state index is 13.6. The van der Waals surface area contributed by atoms with Crippen molar-refractivity contribution in [3.8, 4) is 0 Å². The molecule has 0 aliphatic heterocycles. The molecule has 1 aromatic carbocycles. The lowest BCUT2D eigenvalue weighted by Crippen LogP contribution is -2.24. The molecule has 0 spiro atoms. The van der Waals surface area contributed by atoms with Gasteiger partial charge >= 0.3 is 5.97 Å². The number of hydrogen-bond acceptors (Lipinski definition) is 4. The summed E-state index contributed by atoms with van der Waals surface area (Å²) in [5.41, 5.74) is 6.65. The van der Waals surface area contributed by atoms with Crippen LogP contribution in [-0.2, 0) is 9.59 Å². The summed E-state index contributed by atoms with van der Waals surface area (Å²) < 4.78 is 15.2. The van der Waals surface area contributed by atoms with Crippen molar-refractivity contribution in [2.75, 3.05) is 5.75 Å². The highest BCUT2D eigenvalue weighted by atomic mass is 32.2. The fourth-order valence-corrected chi connectivity index (χ4v) is 2.74. The van der Waals surface area contributed by atoms with E-state index in [4.69, 9.17) is 10.8 Å². The summed E-state index contributed by atoms with van der Waals surface area (Å²) in [5.74, 6) is -2.20. The van der Waals surface area contributed by atoms with Gasteiger partial charge in [-0.2, -0.15) is 0 Å². The number of aryl methyl sites for hydroxylation is 1. The van der Waals surface area contributed by atoms with Crippen LogP contribution in [0.4, 0.5) is 4.39 Å². The first-order valence-corrected chi connectivity index (χ1v) is 7.11. The number of benzene rings is 1. The summed E-state index contributed by atoms with van der Waals surface area (Å²) >= 11 is 0.960. The summed E-state index contributed by atoms with van der Waals surface area (Å²) in [7, 11) is 0. The quantitative estimate of drug-likeness (QED) is 0.819. The van der Waals surface area contributed by atoms with Crippen LogP contribution in [0.5, 0.6) is 0 Å². The third-order valence-electron chi connectivity index (χ3n) is 3.06. The van der Waals surface area contributed by atoms with Crippen molar-refractivity contribution in [2.45, 2.75) is 25.0 Å². The lowest BCUT2D eigenvalue weighted by atomic mass is 10.2. The van der Waals surface area contributed by atoms with Crippen molar-refractivity contribution in [2.24, 2.45) is 5.73 Å². The predicted octanol–water partition coefficient (Wildman–Crippen LogP) is 1.71. The van der Waals surface area contributed by atoms with Crippen LogP contribution in [0, 0.1) is 12.7 Å². The minimum atomic E-state index is -1.01. The summed E-state index contributed by atoms with van der Waals surface area (Å²) in [4.78, 5) is 26.4. The van der Waals surface area contributed by atoms with Crippen LogP contribution >= 0.6 is 11.8 Å². The summed E-state index contributed by atoms with van der Waals surface area (Å²) in [6, 6.07) is 2.12. The van der Waals surface area contributed by atoms with Crippen molar-refractivity contribution >= 4 is 34.7 Å². The Bertz CT molecular complexity index is 729. The molecule has 0 saturated heterocycles. The molecule has 2 aromatic rings.